The number of allylic oxidation sites excluding steroid dienone is 1. The molecule has 0 radical (unpaired) electrons. The second-order valence-electron chi connectivity index (χ2n) is 3.10. The van der Waals surface area contributed by atoms with Crippen LogP contribution in [0.3, 0.4) is 0 Å². The molecule has 0 aliphatic heterocycles. The zero-order chi connectivity index (χ0) is 12.1. The number of nitrogens with zero attached hydrogens (tertiary/aromatic N) is 1. The van der Waals surface area contributed by atoms with Crippen molar-refractivity contribution in [2.24, 2.45) is 0 Å². The van der Waals surface area contributed by atoms with E-state index < -0.39 is 5.97 Å². The van der Waals surface area contributed by atoms with Crippen molar-refractivity contribution >= 4 is 11.5 Å². The van der Waals surface area contributed by atoms with Gasteiger partial charge in [-0.3, -0.25) is 4.89 Å². The third-order valence-corrected chi connectivity index (χ3v) is 1.92. The van der Waals surface area contributed by atoms with Gasteiger partial charge in [0, 0.05) is 11.6 Å². The molecule has 0 saturated carbocycles. The summed E-state index contributed by atoms with van der Waals surface area (Å²) in [7, 11) is 0. The van der Waals surface area contributed by atoms with Crippen molar-refractivity contribution in [2.45, 2.75) is 6.92 Å². The number of carbonyl (C=O) groups excluding carboxylic acids is 1. The zero-order valence-electron chi connectivity index (χ0n) is 8.47. The fraction of sp³-hybridized carbons (Fsp3) is 0.0909. The van der Waals surface area contributed by atoms with Crippen LogP contribution in [-0.2, 0) is 9.68 Å². The lowest BCUT2D eigenvalue weighted by atomic mass is 10.0. The number of phenols is 1. The smallest absolute Gasteiger partial charge is 0.367 e. The molecule has 0 aliphatic carbocycles. The Balaban J connectivity index is 3.20. The minimum atomic E-state index is -1.07. The van der Waals surface area contributed by atoms with Crippen molar-refractivity contribution in [3.05, 3.63) is 35.4 Å². The molecule has 5 nitrogen and oxygen atoms in total. The van der Waals surface area contributed by atoms with Gasteiger partial charge in [0.25, 0.3) is 0 Å². The van der Waals surface area contributed by atoms with Crippen molar-refractivity contribution in [1.82, 2.24) is 0 Å². The maximum Gasteiger partial charge on any atom is 0.367 e. The van der Waals surface area contributed by atoms with Gasteiger partial charge in [-0.2, -0.15) is 10.5 Å². The van der Waals surface area contributed by atoms with E-state index in [1.807, 2.05) is 0 Å². The van der Waals surface area contributed by atoms with Gasteiger partial charge in [0.05, 0.1) is 5.57 Å². The van der Waals surface area contributed by atoms with Gasteiger partial charge in [0.2, 0.25) is 0 Å². The average molecular weight is 219 g/mol. The lowest BCUT2D eigenvalue weighted by molar-refractivity contribution is -0.227. The molecule has 0 fully saturated rings. The van der Waals surface area contributed by atoms with Gasteiger partial charge in [-0.15, -0.1) is 0 Å². The summed E-state index contributed by atoms with van der Waals surface area (Å²) in [6, 6.07) is 6.39. The van der Waals surface area contributed by atoms with E-state index >= 15 is 0 Å². The van der Waals surface area contributed by atoms with Crippen LogP contribution in [0, 0.1) is 18.3 Å². The maximum atomic E-state index is 10.8. The molecule has 82 valence electrons. The first-order chi connectivity index (χ1) is 7.58. The Morgan fingerprint density at radius 2 is 2.25 bits per heavy atom. The average Bonchev–Trinajstić information content (AvgIpc) is 2.26. The van der Waals surface area contributed by atoms with Crippen LogP contribution in [0.5, 0.6) is 5.75 Å². The number of carbonyl (C=O) groups is 1. The van der Waals surface area contributed by atoms with E-state index in [0.29, 0.717) is 0 Å². The highest BCUT2D eigenvalue weighted by Gasteiger charge is 2.09. The fourth-order valence-corrected chi connectivity index (χ4v) is 1.18. The molecule has 1 aromatic rings. The van der Waals surface area contributed by atoms with Crippen molar-refractivity contribution < 1.29 is 20.0 Å². The summed E-state index contributed by atoms with van der Waals surface area (Å²) >= 11 is 0. The van der Waals surface area contributed by atoms with Gasteiger partial charge in [-0.25, -0.2) is 4.79 Å². The Morgan fingerprint density at radius 3 is 2.75 bits per heavy atom. The van der Waals surface area contributed by atoms with Crippen molar-refractivity contribution in [2.75, 3.05) is 0 Å². The van der Waals surface area contributed by atoms with Crippen molar-refractivity contribution in [1.29, 1.82) is 5.26 Å². The predicted octanol–water partition coefficient (Wildman–Crippen LogP) is 1.62. The van der Waals surface area contributed by atoms with Gasteiger partial charge < -0.3 is 5.11 Å². The lowest BCUT2D eigenvalue weighted by Gasteiger charge is -2.03. The number of benzene rings is 1. The van der Waals surface area contributed by atoms with Crippen LogP contribution in [0.25, 0.3) is 5.57 Å². The van der Waals surface area contributed by atoms with E-state index in [1.54, 1.807) is 19.1 Å². The first-order valence-electron chi connectivity index (χ1n) is 4.35. The van der Waals surface area contributed by atoms with Crippen LogP contribution < -0.4 is 0 Å². The Hall–Kier alpha value is -2.32. The second-order valence-corrected chi connectivity index (χ2v) is 3.10. The largest absolute Gasteiger partial charge is 0.507 e. The van der Waals surface area contributed by atoms with Crippen LogP contribution >= 0.6 is 0 Å². The highest BCUT2D eigenvalue weighted by Crippen LogP contribution is 2.25. The summed E-state index contributed by atoms with van der Waals surface area (Å²) in [6.07, 6.45) is 0.796. The van der Waals surface area contributed by atoms with E-state index in [9.17, 15) is 9.90 Å². The van der Waals surface area contributed by atoms with E-state index in [4.69, 9.17) is 10.5 Å². The van der Waals surface area contributed by atoms with E-state index in [1.165, 1.54) is 12.1 Å². The van der Waals surface area contributed by atoms with E-state index in [-0.39, 0.29) is 16.9 Å². The number of aryl methyl sites for hydroxylation is 1. The Labute approximate surface area is 91.8 Å². The monoisotopic (exact) mass is 219 g/mol. The van der Waals surface area contributed by atoms with Crippen LogP contribution in [0.15, 0.2) is 24.3 Å². The molecule has 0 bridgehead atoms. The van der Waals surface area contributed by atoms with Crippen molar-refractivity contribution in [3.63, 3.8) is 0 Å². The van der Waals surface area contributed by atoms with Crippen LogP contribution in [0.2, 0.25) is 0 Å². The van der Waals surface area contributed by atoms with Crippen molar-refractivity contribution in [3.8, 4) is 11.8 Å². The van der Waals surface area contributed by atoms with Gasteiger partial charge >= 0.3 is 5.97 Å². The molecule has 0 aromatic heterocycles. The minimum Gasteiger partial charge on any atom is -0.507 e. The number of hydrogen-bond acceptors (Lipinski definition) is 5. The number of nitriles is 1. The van der Waals surface area contributed by atoms with Gasteiger partial charge in [0.1, 0.15) is 11.8 Å². The number of aromatic hydroxyl groups is 1. The van der Waals surface area contributed by atoms with Crippen LogP contribution in [-0.4, -0.2) is 16.3 Å². The summed E-state index contributed by atoms with van der Waals surface area (Å²) in [6.45, 7) is 1.78. The molecule has 0 amide bonds. The molecule has 0 aliphatic rings. The van der Waals surface area contributed by atoms with Gasteiger partial charge in [-0.05, 0) is 24.6 Å². The van der Waals surface area contributed by atoms with Crippen LogP contribution in [0.1, 0.15) is 11.1 Å². The quantitative estimate of drug-likeness (QED) is 0.341. The SMILES string of the molecule is Cc1ccc(C(C#N)=CC(=O)OO)c(O)c1. The standard InChI is InChI=1S/C11H9NO4/c1-7-2-3-9(10(13)4-7)8(6-12)5-11(14)16-15/h2-5,13,15H,1H3. The molecule has 2 N–H and O–H groups in total. The van der Waals surface area contributed by atoms with Gasteiger partial charge in [-0.1, -0.05) is 6.07 Å². The summed E-state index contributed by atoms with van der Waals surface area (Å²) in [5.41, 5.74) is 0.943. The molecule has 16 heavy (non-hydrogen) atoms. The Bertz CT molecular complexity index is 485. The maximum absolute atomic E-state index is 10.8. The summed E-state index contributed by atoms with van der Waals surface area (Å²) in [5.74, 6) is -1.19. The Kier molecular flexibility index (Phi) is 3.64. The van der Waals surface area contributed by atoms with E-state index in [0.717, 1.165) is 11.6 Å². The lowest BCUT2D eigenvalue weighted by Crippen LogP contribution is -1.97. The summed E-state index contributed by atoms with van der Waals surface area (Å²) in [5, 5.41) is 26.4. The first kappa shape index (κ1) is 11.8. The number of phenolic OH excluding ortho intramolecular Hbond substituents is 1. The molecule has 5 heteroatoms. The molecular formula is C11H9NO4. The highest BCUT2D eigenvalue weighted by molar-refractivity contribution is 5.96. The highest BCUT2D eigenvalue weighted by atomic mass is 17.1. The molecule has 0 saturated heterocycles. The third-order valence-electron chi connectivity index (χ3n) is 1.92. The predicted molar refractivity (Wildman–Crippen MR) is 55.2 cm³/mol. The molecule has 0 atom stereocenters. The minimum absolute atomic E-state index is 0.0865. The molecule has 0 heterocycles. The summed E-state index contributed by atoms with van der Waals surface area (Å²) < 4.78 is 0. The molecule has 0 unspecified atom stereocenters. The normalized spacial score (nSPS) is 10.7. The zero-order valence-corrected chi connectivity index (χ0v) is 8.47. The second kappa shape index (κ2) is 4.96. The molecule has 1 rings (SSSR count). The van der Waals surface area contributed by atoms with E-state index in [2.05, 4.69) is 4.89 Å². The number of hydrogen-bond donors (Lipinski definition) is 2. The topological polar surface area (TPSA) is 90.6 Å². The molecular weight excluding hydrogens is 210 g/mol. The van der Waals surface area contributed by atoms with Gasteiger partial charge in [0.15, 0.2) is 0 Å². The number of rotatable bonds is 2. The van der Waals surface area contributed by atoms with Crippen LogP contribution in [0.4, 0.5) is 0 Å². The first-order valence-corrected chi connectivity index (χ1v) is 4.35. The fourth-order valence-electron chi connectivity index (χ4n) is 1.18. The third kappa shape index (κ3) is 2.59. The summed E-state index contributed by atoms with van der Waals surface area (Å²) in [4.78, 5) is 14.2. The Morgan fingerprint density at radius 1 is 1.56 bits per heavy atom. The molecule has 0 spiro atoms. The molecule has 1 aromatic carbocycles.